The van der Waals surface area contributed by atoms with E-state index in [9.17, 15) is 0 Å². The van der Waals surface area contributed by atoms with Crippen molar-refractivity contribution in [3.05, 3.63) is 0 Å². The summed E-state index contributed by atoms with van der Waals surface area (Å²) >= 11 is 1.91. The van der Waals surface area contributed by atoms with Gasteiger partial charge >= 0.3 is 0 Å². The molecular formula is C5H9IN2O. The topological polar surface area (TPSA) is 34.0 Å². The zero-order valence-corrected chi connectivity index (χ0v) is 7.24. The average molecular weight is 240 g/mol. The second-order valence-electron chi connectivity index (χ2n) is 2.03. The molecule has 1 rings (SSSR count). The van der Waals surface area contributed by atoms with Gasteiger partial charge in [-0.15, -0.1) is 3.33 Å². The van der Waals surface area contributed by atoms with Crippen molar-refractivity contribution >= 4 is 22.9 Å². The summed E-state index contributed by atoms with van der Waals surface area (Å²) in [4.78, 5) is 0. The summed E-state index contributed by atoms with van der Waals surface area (Å²) in [6.07, 6.45) is 2.07. The molecule has 0 aliphatic carbocycles. The van der Waals surface area contributed by atoms with Crippen molar-refractivity contribution in [3.8, 4) is 0 Å². The van der Waals surface area contributed by atoms with E-state index >= 15 is 0 Å². The summed E-state index contributed by atoms with van der Waals surface area (Å²) < 4.78 is 8.84. The number of hydrogen-bond donors (Lipinski definition) is 0. The lowest BCUT2D eigenvalue weighted by Crippen LogP contribution is -2.17. The van der Waals surface area contributed by atoms with Crippen LogP contribution in [0.25, 0.3) is 0 Å². The van der Waals surface area contributed by atoms with Crippen LogP contribution in [-0.2, 0) is 4.74 Å². The van der Waals surface area contributed by atoms with Gasteiger partial charge in [-0.1, -0.05) is 0 Å². The standard InChI is InChI=1S/C5H9IN2O/c6-8-7-5-1-3-9-4-2-5/h5H,1-4H2. The van der Waals surface area contributed by atoms with Gasteiger partial charge in [0.05, 0.1) is 6.04 Å². The molecule has 0 saturated carbocycles. The lowest BCUT2D eigenvalue weighted by molar-refractivity contribution is 0.0860. The highest BCUT2D eigenvalue weighted by Crippen LogP contribution is 2.11. The highest BCUT2D eigenvalue weighted by Gasteiger charge is 2.11. The largest absolute Gasteiger partial charge is 0.381 e. The number of rotatable bonds is 1. The van der Waals surface area contributed by atoms with Crippen LogP contribution in [-0.4, -0.2) is 19.3 Å². The molecular weight excluding hydrogens is 231 g/mol. The number of ether oxygens (including phenoxy) is 1. The summed E-state index contributed by atoms with van der Waals surface area (Å²) in [5.41, 5.74) is 0. The molecule has 9 heavy (non-hydrogen) atoms. The number of halogens is 1. The van der Waals surface area contributed by atoms with Gasteiger partial charge in [0.1, 0.15) is 22.9 Å². The van der Waals surface area contributed by atoms with E-state index in [4.69, 9.17) is 4.74 Å². The Labute approximate surface area is 68.4 Å². The smallest absolute Gasteiger partial charge is 0.111 e. The van der Waals surface area contributed by atoms with Gasteiger partial charge in [-0.25, -0.2) is 0 Å². The molecule has 0 aromatic rings. The van der Waals surface area contributed by atoms with Crippen LogP contribution in [0.1, 0.15) is 12.8 Å². The Hall–Kier alpha value is 0.290. The first-order valence-corrected chi connectivity index (χ1v) is 3.99. The molecule has 0 amide bonds. The van der Waals surface area contributed by atoms with Crippen molar-refractivity contribution in [2.24, 2.45) is 8.44 Å². The maximum atomic E-state index is 5.14. The van der Waals surface area contributed by atoms with E-state index in [1.165, 1.54) is 0 Å². The first-order chi connectivity index (χ1) is 4.43. The fourth-order valence-corrected chi connectivity index (χ4v) is 1.21. The van der Waals surface area contributed by atoms with E-state index in [1.807, 2.05) is 22.9 Å². The van der Waals surface area contributed by atoms with Crippen molar-refractivity contribution in [1.82, 2.24) is 0 Å². The molecule has 1 aliphatic heterocycles. The maximum absolute atomic E-state index is 5.14. The monoisotopic (exact) mass is 240 g/mol. The summed E-state index contributed by atoms with van der Waals surface area (Å²) in [5, 5.41) is 4.02. The highest BCUT2D eigenvalue weighted by molar-refractivity contribution is 14.1. The van der Waals surface area contributed by atoms with Crippen LogP contribution < -0.4 is 0 Å². The summed E-state index contributed by atoms with van der Waals surface area (Å²) in [6.45, 7) is 1.70. The average Bonchev–Trinajstić information content (AvgIpc) is 1.91. The molecule has 0 unspecified atom stereocenters. The fourth-order valence-electron chi connectivity index (χ4n) is 0.862. The van der Waals surface area contributed by atoms with E-state index in [0.29, 0.717) is 6.04 Å². The molecule has 0 atom stereocenters. The lowest BCUT2D eigenvalue weighted by Gasteiger charge is -2.16. The summed E-state index contributed by atoms with van der Waals surface area (Å²) in [6, 6.07) is 0.427. The Morgan fingerprint density at radius 3 is 2.56 bits per heavy atom. The molecule has 0 radical (unpaired) electrons. The summed E-state index contributed by atoms with van der Waals surface area (Å²) in [5.74, 6) is 0. The maximum Gasteiger partial charge on any atom is 0.111 e. The second-order valence-corrected chi connectivity index (χ2v) is 2.47. The Bertz CT molecular complexity index is 101. The van der Waals surface area contributed by atoms with E-state index in [0.717, 1.165) is 26.1 Å². The zero-order chi connectivity index (χ0) is 6.53. The van der Waals surface area contributed by atoms with Crippen LogP contribution in [0.2, 0.25) is 0 Å². The first kappa shape index (κ1) is 7.40. The van der Waals surface area contributed by atoms with Gasteiger partial charge in [-0.05, 0) is 12.8 Å². The van der Waals surface area contributed by atoms with Gasteiger partial charge in [0, 0.05) is 13.2 Å². The SMILES string of the molecule is IN=NC1CCOCC1. The van der Waals surface area contributed by atoms with Crippen LogP contribution in [0.4, 0.5) is 0 Å². The molecule has 3 nitrogen and oxygen atoms in total. The zero-order valence-electron chi connectivity index (χ0n) is 5.09. The Morgan fingerprint density at radius 2 is 2.00 bits per heavy atom. The molecule has 0 aromatic heterocycles. The minimum Gasteiger partial charge on any atom is -0.381 e. The third-order valence-corrected chi connectivity index (χ3v) is 1.65. The van der Waals surface area contributed by atoms with E-state index in [-0.39, 0.29) is 0 Å². The molecule has 1 heterocycles. The highest BCUT2D eigenvalue weighted by atomic mass is 127. The molecule has 1 aliphatic rings. The molecule has 0 N–H and O–H groups in total. The van der Waals surface area contributed by atoms with Crippen LogP contribution in [0.3, 0.4) is 0 Å². The normalized spacial score (nSPS) is 23.2. The first-order valence-electron chi connectivity index (χ1n) is 3.02. The van der Waals surface area contributed by atoms with E-state index in [1.54, 1.807) is 0 Å². The quantitative estimate of drug-likeness (QED) is 0.509. The van der Waals surface area contributed by atoms with Gasteiger partial charge in [-0.2, -0.15) is 5.11 Å². The predicted molar refractivity (Wildman–Crippen MR) is 42.7 cm³/mol. The van der Waals surface area contributed by atoms with Crippen LogP contribution in [0, 0.1) is 0 Å². The van der Waals surface area contributed by atoms with Crippen molar-refractivity contribution in [3.63, 3.8) is 0 Å². The van der Waals surface area contributed by atoms with Crippen LogP contribution >= 0.6 is 22.9 Å². The Morgan fingerprint density at radius 1 is 1.33 bits per heavy atom. The van der Waals surface area contributed by atoms with Crippen molar-refractivity contribution in [2.45, 2.75) is 18.9 Å². The van der Waals surface area contributed by atoms with Crippen molar-refractivity contribution in [1.29, 1.82) is 0 Å². The van der Waals surface area contributed by atoms with E-state index in [2.05, 4.69) is 8.44 Å². The van der Waals surface area contributed by atoms with Gasteiger partial charge in [0.15, 0.2) is 0 Å². The van der Waals surface area contributed by atoms with Crippen LogP contribution in [0.15, 0.2) is 8.44 Å². The lowest BCUT2D eigenvalue weighted by atomic mass is 10.1. The van der Waals surface area contributed by atoms with Crippen molar-refractivity contribution in [2.75, 3.05) is 13.2 Å². The van der Waals surface area contributed by atoms with Crippen molar-refractivity contribution < 1.29 is 4.74 Å². The number of hydrogen-bond acceptors (Lipinski definition) is 3. The minimum absolute atomic E-state index is 0.427. The van der Waals surface area contributed by atoms with E-state index < -0.39 is 0 Å². The molecule has 4 heteroatoms. The van der Waals surface area contributed by atoms with Crippen LogP contribution in [0.5, 0.6) is 0 Å². The fraction of sp³-hybridized carbons (Fsp3) is 1.00. The van der Waals surface area contributed by atoms with Gasteiger partial charge < -0.3 is 4.74 Å². The number of nitrogens with zero attached hydrogens (tertiary/aromatic N) is 2. The summed E-state index contributed by atoms with van der Waals surface area (Å²) in [7, 11) is 0. The molecule has 1 saturated heterocycles. The molecule has 1 fully saturated rings. The van der Waals surface area contributed by atoms with Gasteiger partial charge in [0.25, 0.3) is 0 Å². The minimum atomic E-state index is 0.427. The molecule has 52 valence electrons. The third kappa shape index (κ3) is 2.57. The second kappa shape index (κ2) is 4.16. The predicted octanol–water partition coefficient (Wildman–Crippen LogP) is 1.97. The molecule has 0 spiro atoms. The Balaban J connectivity index is 2.23. The molecule has 0 aromatic carbocycles. The third-order valence-electron chi connectivity index (χ3n) is 1.40. The Kier molecular flexibility index (Phi) is 3.42. The molecule has 0 bridgehead atoms. The van der Waals surface area contributed by atoms with Gasteiger partial charge in [-0.3, -0.25) is 0 Å². The van der Waals surface area contributed by atoms with Gasteiger partial charge in [0.2, 0.25) is 0 Å².